The summed E-state index contributed by atoms with van der Waals surface area (Å²) in [6, 6.07) is 2.70. The fourth-order valence-electron chi connectivity index (χ4n) is 1.08. The summed E-state index contributed by atoms with van der Waals surface area (Å²) in [5, 5.41) is 28.1. The molecule has 1 aromatic carbocycles. The molecule has 1 rings (SSSR count). The molecule has 17 heavy (non-hydrogen) atoms. The van der Waals surface area contributed by atoms with Gasteiger partial charge in [-0.05, 0) is 12.1 Å². The highest BCUT2D eigenvalue weighted by atomic mass is 32.2. The predicted octanol–water partition coefficient (Wildman–Crippen LogP) is -0.429. The molecule has 0 unspecified atom stereocenters. The fraction of sp³-hybridized carbons (Fsp3) is 0.250. The molecule has 0 saturated carbocycles. The number of hydrogen-bond acceptors (Lipinski definition) is 6. The zero-order valence-corrected chi connectivity index (χ0v) is 9.35. The van der Waals surface area contributed by atoms with Crippen LogP contribution in [0.1, 0.15) is 0 Å². The summed E-state index contributed by atoms with van der Waals surface area (Å²) in [5.41, 5.74) is -0.697. The van der Waals surface area contributed by atoms with E-state index in [0.717, 1.165) is 18.2 Å². The van der Waals surface area contributed by atoms with Gasteiger partial charge in [-0.3, -0.25) is 10.1 Å². The van der Waals surface area contributed by atoms with Gasteiger partial charge < -0.3 is 10.2 Å². The Kier molecular flexibility index (Phi) is 3.99. The van der Waals surface area contributed by atoms with Gasteiger partial charge in [0.2, 0.25) is 10.0 Å². The summed E-state index contributed by atoms with van der Waals surface area (Å²) in [6.45, 7) is -0.587. The van der Waals surface area contributed by atoms with E-state index in [1.807, 2.05) is 4.72 Å². The fourth-order valence-corrected chi connectivity index (χ4v) is 2.12. The standard InChI is InChI=1S/C8H10N2O6S/c11-4-3-9-17(15,16)6-1-2-8(12)7(5-6)10(13)14/h1-2,5,9,11-12H,3-4H2. The molecule has 0 aliphatic rings. The number of aromatic hydroxyl groups is 1. The molecule has 0 saturated heterocycles. The molecule has 0 spiro atoms. The smallest absolute Gasteiger partial charge is 0.312 e. The van der Waals surface area contributed by atoms with Gasteiger partial charge in [0.15, 0.2) is 5.75 Å². The van der Waals surface area contributed by atoms with Gasteiger partial charge >= 0.3 is 5.69 Å². The van der Waals surface area contributed by atoms with Gasteiger partial charge in [-0.1, -0.05) is 0 Å². The van der Waals surface area contributed by atoms with Crippen LogP contribution in [0.2, 0.25) is 0 Å². The summed E-state index contributed by atoms with van der Waals surface area (Å²) in [6.07, 6.45) is 0. The lowest BCUT2D eigenvalue weighted by Gasteiger charge is -2.05. The Bertz CT molecular complexity index is 527. The van der Waals surface area contributed by atoms with Crippen molar-refractivity contribution in [2.45, 2.75) is 4.90 Å². The first-order valence-corrected chi connectivity index (χ1v) is 5.94. The number of benzene rings is 1. The molecule has 0 fully saturated rings. The molecule has 0 radical (unpaired) electrons. The van der Waals surface area contributed by atoms with Crippen LogP contribution in [0.3, 0.4) is 0 Å². The number of phenols is 1. The third-order valence-corrected chi connectivity index (χ3v) is 3.32. The molecular weight excluding hydrogens is 252 g/mol. The zero-order valence-electron chi connectivity index (χ0n) is 8.53. The van der Waals surface area contributed by atoms with Crippen molar-refractivity contribution in [3.05, 3.63) is 28.3 Å². The van der Waals surface area contributed by atoms with Crippen LogP contribution < -0.4 is 4.72 Å². The van der Waals surface area contributed by atoms with Crippen molar-refractivity contribution in [1.29, 1.82) is 0 Å². The van der Waals surface area contributed by atoms with Crippen LogP contribution in [0, 0.1) is 10.1 Å². The van der Waals surface area contributed by atoms with Crippen molar-refractivity contribution in [3.8, 4) is 5.75 Å². The van der Waals surface area contributed by atoms with Gasteiger partial charge in [0.1, 0.15) is 0 Å². The van der Waals surface area contributed by atoms with E-state index in [2.05, 4.69) is 0 Å². The van der Waals surface area contributed by atoms with Gasteiger partial charge in [0, 0.05) is 12.6 Å². The maximum Gasteiger partial charge on any atom is 0.312 e. The van der Waals surface area contributed by atoms with E-state index >= 15 is 0 Å². The van der Waals surface area contributed by atoms with Crippen LogP contribution in [0.5, 0.6) is 5.75 Å². The average molecular weight is 262 g/mol. The first-order valence-electron chi connectivity index (χ1n) is 4.46. The van der Waals surface area contributed by atoms with E-state index in [9.17, 15) is 18.5 Å². The molecule has 9 heteroatoms. The Morgan fingerprint density at radius 1 is 1.41 bits per heavy atom. The number of nitro groups is 1. The lowest BCUT2D eigenvalue weighted by molar-refractivity contribution is -0.386. The van der Waals surface area contributed by atoms with Crippen LogP contribution >= 0.6 is 0 Å². The van der Waals surface area contributed by atoms with Crippen molar-refractivity contribution in [1.82, 2.24) is 4.72 Å². The van der Waals surface area contributed by atoms with Crippen LogP contribution in [0.15, 0.2) is 23.1 Å². The number of hydrogen-bond donors (Lipinski definition) is 3. The summed E-state index contributed by atoms with van der Waals surface area (Å²) < 4.78 is 25.1. The molecule has 0 aliphatic heterocycles. The molecule has 0 bridgehead atoms. The number of nitrogens with one attached hydrogen (secondary N) is 1. The lowest BCUT2D eigenvalue weighted by Crippen LogP contribution is -2.26. The molecule has 0 aromatic heterocycles. The molecular formula is C8H10N2O6S. The maximum atomic E-state index is 11.6. The van der Waals surface area contributed by atoms with Crippen LogP contribution in [-0.4, -0.2) is 36.7 Å². The maximum absolute atomic E-state index is 11.6. The molecule has 3 N–H and O–H groups in total. The Labute approximate surface area is 96.7 Å². The molecule has 0 aliphatic carbocycles. The van der Waals surface area contributed by atoms with E-state index in [1.54, 1.807) is 0 Å². The Balaban J connectivity index is 3.16. The molecule has 0 atom stereocenters. The van der Waals surface area contributed by atoms with Crippen LogP contribution in [0.4, 0.5) is 5.69 Å². The third-order valence-electron chi connectivity index (χ3n) is 1.86. The molecule has 94 valence electrons. The van der Waals surface area contributed by atoms with Gasteiger partial charge in [0.25, 0.3) is 0 Å². The topological polar surface area (TPSA) is 130 Å². The first-order chi connectivity index (χ1) is 7.88. The number of aliphatic hydroxyl groups excluding tert-OH is 1. The van der Waals surface area contributed by atoms with Crippen LogP contribution in [0.25, 0.3) is 0 Å². The zero-order chi connectivity index (χ0) is 13.1. The van der Waals surface area contributed by atoms with E-state index in [0.29, 0.717) is 0 Å². The van der Waals surface area contributed by atoms with Gasteiger partial charge in [-0.2, -0.15) is 0 Å². The van der Waals surface area contributed by atoms with Crippen molar-refractivity contribution >= 4 is 15.7 Å². The van der Waals surface area contributed by atoms with E-state index < -0.39 is 26.4 Å². The Morgan fingerprint density at radius 2 is 2.06 bits per heavy atom. The van der Waals surface area contributed by atoms with Gasteiger partial charge in [-0.25, -0.2) is 13.1 Å². The highest BCUT2D eigenvalue weighted by Gasteiger charge is 2.20. The second-order valence-electron chi connectivity index (χ2n) is 3.03. The predicted molar refractivity (Wildman–Crippen MR) is 57.0 cm³/mol. The minimum atomic E-state index is -3.92. The highest BCUT2D eigenvalue weighted by Crippen LogP contribution is 2.27. The Hall–Kier alpha value is -1.71. The largest absolute Gasteiger partial charge is 0.502 e. The van der Waals surface area contributed by atoms with Gasteiger partial charge in [-0.15, -0.1) is 0 Å². The summed E-state index contributed by atoms with van der Waals surface area (Å²) in [5.74, 6) is -0.615. The number of nitrogens with zero attached hydrogens (tertiary/aromatic N) is 1. The third kappa shape index (κ3) is 3.12. The average Bonchev–Trinajstić information content (AvgIpc) is 2.26. The second kappa shape index (κ2) is 5.08. The van der Waals surface area contributed by atoms with E-state index in [1.165, 1.54) is 0 Å². The van der Waals surface area contributed by atoms with Crippen molar-refractivity contribution in [2.75, 3.05) is 13.2 Å². The first kappa shape index (κ1) is 13.4. The van der Waals surface area contributed by atoms with E-state index in [-0.39, 0.29) is 18.0 Å². The van der Waals surface area contributed by atoms with Gasteiger partial charge in [0.05, 0.1) is 16.4 Å². The highest BCUT2D eigenvalue weighted by molar-refractivity contribution is 7.89. The number of aliphatic hydroxyl groups is 1. The summed E-state index contributed by atoms with van der Waals surface area (Å²) in [7, 11) is -3.92. The van der Waals surface area contributed by atoms with Crippen molar-refractivity contribution in [2.24, 2.45) is 0 Å². The Morgan fingerprint density at radius 3 is 2.59 bits per heavy atom. The van der Waals surface area contributed by atoms with Crippen molar-refractivity contribution in [3.63, 3.8) is 0 Å². The molecule has 0 heterocycles. The minimum absolute atomic E-state index is 0.197. The molecule has 8 nitrogen and oxygen atoms in total. The van der Waals surface area contributed by atoms with Crippen LogP contribution in [-0.2, 0) is 10.0 Å². The quantitative estimate of drug-likeness (QED) is 0.487. The number of sulfonamides is 1. The van der Waals surface area contributed by atoms with E-state index in [4.69, 9.17) is 10.2 Å². The van der Waals surface area contributed by atoms with Crippen molar-refractivity contribution < 1.29 is 23.6 Å². The number of nitro benzene ring substituents is 1. The number of phenolic OH excluding ortho intramolecular Hbond substituents is 1. The second-order valence-corrected chi connectivity index (χ2v) is 4.80. The SMILES string of the molecule is O=[N+]([O-])c1cc(S(=O)(=O)NCCO)ccc1O. The monoisotopic (exact) mass is 262 g/mol. The summed E-state index contributed by atoms with van der Waals surface area (Å²) in [4.78, 5) is 9.27. The molecule has 0 amide bonds. The normalized spacial score (nSPS) is 11.4. The minimum Gasteiger partial charge on any atom is -0.502 e. The lowest BCUT2D eigenvalue weighted by atomic mass is 10.3. The number of rotatable bonds is 5. The molecule has 1 aromatic rings. The summed E-state index contributed by atoms with van der Waals surface area (Å²) >= 11 is 0.